The first kappa shape index (κ1) is 34.3. The number of hydrogen-bond acceptors (Lipinski definition) is 9. The van der Waals surface area contributed by atoms with Crippen LogP contribution in [0.1, 0.15) is 102 Å². The molecule has 3 aromatic rings. The minimum Gasteiger partial charge on any atom is -0.354 e. The van der Waals surface area contributed by atoms with Crippen LogP contribution in [-0.2, 0) is 14.3 Å². The molecule has 0 saturated carbocycles. The summed E-state index contributed by atoms with van der Waals surface area (Å²) in [7, 11) is -2.70. The molecule has 0 aliphatic carbocycles. The van der Waals surface area contributed by atoms with Gasteiger partial charge >= 0.3 is 0 Å². The lowest BCUT2D eigenvalue weighted by atomic mass is 10.0. The van der Waals surface area contributed by atoms with Crippen LogP contribution in [0.5, 0.6) is 0 Å². The van der Waals surface area contributed by atoms with E-state index < -0.39 is 10.1 Å². The molecule has 0 spiro atoms. The van der Waals surface area contributed by atoms with Crippen LogP contribution in [0.2, 0.25) is 0 Å². The quantitative estimate of drug-likeness (QED) is 0.0757. The highest BCUT2D eigenvalue weighted by molar-refractivity contribution is 7.86. The molecule has 0 bridgehead atoms. The van der Waals surface area contributed by atoms with Crippen LogP contribution in [0.25, 0.3) is 0 Å². The van der Waals surface area contributed by atoms with Crippen molar-refractivity contribution in [2.24, 2.45) is 0 Å². The topological polar surface area (TPSA) is 118 Å². The van der Waals surface area contributed by atoms with Crippen LogP contribution in [-0.4, -0.2) is 37.0 Å². The zero-order valence-electron chi connectivity index (χ0n) is 26.2. The van der Waals surface area contributed by atoms with Crippen molar-refractivity contribution in [1.82, 2.24) is 15.0 Å². The van der Waals surface area contributed by atoms with Crippen molar-refractivity contribution in [3.05, 3.63) is 54.1 Å². The van der Waals surface area contributed by atoms with Gasteiger partial charge in [-0.3, -0.25) is 4.18 Å². The van der Waals surface area contributed by atoms with Crippen molar-refractivity contribution in [3.63, 3.8) is 0 Å². The summed E-state index contributed by atoms with van der Waals surface area (Å²) in [6, 6.07) is 14.7. The molecule has 0 aliphatic heterocycles. The van der Waals surface area contributed by atoms with Crippen molar-refractivity contribution in [2.75, 3.05) is 29.6 Å². The molecular weight excluding hydrogens is 560 g/mol. The first-order valence-electron chi connectivity index (χ1n) is 15.9. The summed E-state index contributed by atoms with van der Waals surface area (Å²) in [6.07, 6.45) is 18.5. The number of nitrogens with zero attached hydrogens (tertiary/aromatic N) is 3. The molecule has 0 radical (unpaired) electrons. The number of para-hydroxylation sites is 1. The fourth-order valence-electron chi connectivity index (χ4n) is 4.90. The summed E-state index contributed by atoms with van der Waals surface area (Å²) < 4.78 is 29.4. The van der Waals surface area contributed by atoms with E-state index in [1.807, 2.05) is 30.3 Å². The summed E-state index contributed by atoms with van der Waals surface area (Å²) in [5, 5.41) is 9.68. The predicted octanol–water partition coefficient (Wildman–Crippen LogP) is 8.90. The third-order valence-corrected chi connectivity index (χ3v) is 8.83. The fourth-order valence-corrected chi connectivity index (χ4v) is 5.82. The number of hydrogen-bond donors (Lipinski definition) is 3. The molecule has 3 rings (SSSR count). The third-order valence-electron chi connectivity index (χ3n) is 7.41. The van der Waals surface area contributed by atoms with Gasteiger partial charge in [-0.2, -0.15) is 23.4 Å². The molecule has 1 heterocycles. The van der Waals surface area contributed by atoms with Crippen LogP contribution in [0.15, 0.2) is 53.4 Å². The van der Waals surface area contributed by atoms with Gasteiger partial charge in [0.25, 0.3) is 10.1 Å². The second-order valence-electron chi connectivity index (χ2n) is 11.0. The van der Waals surface area contributed by atoms with Gasteiger partial charge in [0.1, 0.15) is 0 Å². The SMILES string of the molecule is CCCCCCCCCCCCCCCCNc1nc(Nc2ccccc2)nc(Nc2ccc(C)c(S(=O)(=O)OC)c2)n1. The molecule has 10 heteroatoms. The van der Waals surface area contributed by atoms with Gasteiger partial charge in [-0.1, -0.05) is 115 Å². The van der Waals surface area contributed by atoms with Gasteiger partial charge in [0, 0.05) is 17.9 Å². The Morgan fingerprint density at radius 1 is 0.651 bits per heavy atom. The lowest BCUT2D eigenvalue weighted by molar-refractivity contribution is 0.397. The van der Waals surface area contributed by atoms with Crippen LogP contribution in [0.4, 0.5) is 29.2 Å². The van der Waals surface area contributed by atoms with Crippen LogP contribution >= 0.6 is 0 Å². The lowest BCUT2D eigenvalue weighted by Gasteiger charge is -2.13. The van der Waals surface area contributed by atoms with Gasteiger partial charge in [-0.15, -0.1) is 0 Å². The minimum absolute atomic E-state index is 0.0906. The number of benzene rings is 2. The maximum absolute atomic E-state index is 12.3. The van der Waals surface area contributed by atoms with E-state index in [0.717, 1.165) is 32.2 Å². The van der Waals surface area contributed by atoms with Crippen LogP contribution in [0.3, 0.4) is 0 Å². The molecule has 0 saturated heterocycles. The molecule has 0 fully saturated rings. The zero-order valence-corrected chi connectivity index (χ0v) is 27.0. The van der Waals surface area contributed by atoms with Gasteiger partial charge in [0.15, 0.2) is 0 Å². The summed E-state index contributed by atoms with van der Waals surface area (Å²) >= 11 is 0. The first-order valence-corrected chi connectivity index (χ1v) is 17.3. The average molecular weight is 611 g/mol. The number of aryl methyl sites for hydroxylation is 1. The van der Waals surface area contributed by atoms with Crippen LogP contribution in [0, 0.1) is 6.92 Å². The molecule has 0 amide bonds. The van der Waals surface area contributed by atoms with Crippen molar-refractivity contribution < 1.29 is 12.6 Å². The molecule has 1 aromatic heterocycles. The molecule has 0 aliphatic rings. The molecule has 236 valence electrons. The van der Waals surface area contributed by atoms with Crippen molar-refractivity contribution in [3.8, 4) is 0 Å². The standard InChI is InChI=1S/C33H50N6O3S/c1-4-5-6-7-8-9-10-11-12-13-14-15-16-20-25-34-31-37-32(35-28-21-18-17-19-22-28)39-33(38-31)36-29-24-23-27(2)30(26-29)43(40,41)42-3/h17-19,21-24,26H,4-16,20,25H2,1-3H3,(H3,34,35,36,37,38,39). The smallest absolute Gasteiger partial charge is 0.297 e. The average Bonchev–Trinajstić information content (AvgIpc) is 3.00. The van der Waals surface area contributed by atoms with E-state index in [1.165, 1.54) is 83.1 Å². The van der Waals surface area contributed by atoms with E-state index in [2.05, 4.69) is 37.8 Å². The summed E-state index contributed by atoms with van der Waals surface area (Å²) in [5.74, 6) is 1.12. The Morgan fingerprint density at radius 2 is 1.16 bits per heavy atom. The maximum atomic E-state index is 12.3. The highest BCUT2D eigenvalue weighted by Crippen LogP contribution is 2.24. The van der Waals surface area contributed by atoms with E-state index in [-0.39, 0.29) is 4.90 Å². The predicted molar refractivity (Wildman–Crippen MR) is 177 cm³/mol. The normalized spacial score (nSPS) is 11.4. The number of anilines is 5. The van der Waals surface area contributed by atoms with E-state index >= 15 is 0 Å². The van der Waals surface area contributed by atoms with Gasteiger partial charge in [0.05, 0.1) is 12.0 Å². The van der Waals surface area contributed by atoms with Crippen LogP contribution < -0.4 is 16.0 Å². The van der Waals surface area contributed by atoms with E-state index in [0.29, 0.717) is 29.1 Å². The Bertz CT molecular complexity index is 1320. The monoisotopic (exact) mass is 610 g/mol. The van der Waals surface area contributed by atoms with E-state index in [9.17, 15) is 8.42 Å². The second-order valence-corrected chi connectivity index (χ2v) is 12.7. The highest BCUT2D eigenvalue weighted by atomic mass is 32.2. The lowest BCUT2D eigenvalue weighted by Crippen LogP contribution is -2.11. The van der Waals surface area contributed by atoms with Gasteiger partial charge < -0.3 is 16.0 Å². The molecule has 43 heavy (non-hydrogen) atoms. The van der Waals surface area contributed by atoms with E-state index in [4.69, 9.17) is 4.18 Å². The van der Waals surface area contributed by atoms with Gasteiger partial charge in [-0.25, -0.2) is 0 Å². The Kier molecular flexibility index (Phi) is 15.2. The number of unbranched alkanes of at least 4 members (excludes halogenated alkanes) is 13. The molecule has 2 aromatic carbocycles. The Hall–Kier alpha value is -3.24. The van der Waals surface area contributed by atoms with Crippen molar-refractivity contribution in [2.45, 2.75) is 109 Å². The Morgan fingerprint density at radius 3 is 1.72 bits per heavy atom. The molecule has 3 N–H and O–H groups in total. The molecular formula is C33H50N6O3S. The summed E-state index contributed by atoms with van der Waals surface area (Å²) in [4.78, 5) is 13.7. The highest BCUT2D eigenvalue weighted by Gasteiger charge is 2.17. The summed E-state index contributed by atoms with van der Waals surface area (Å²) in [6.45, 7) is 4.75. The maximum Gasteiger partial charge on any atom is 0.297 e. The van der Waals surface area contributed by atoms with Gasteiger partial charge in [-0.05, 0) is 43.2 Å². The van der Waals surface area contributed by atoms with Crippen molar-refractivity contribution >= 4 is 39.3 Å². The first-order chi connectivity index (χ1) is 20.9. The minimum atomic E-state index is -3.85. The Balaban J connectivity index is 1.48. The number of rotatable bonds is 22. The number of aromatic nitrogens is 3. The molecule has 9 nitrogen and oxygen atoms in total. The summed E-state index contributed by atoms with van der Waals surface area (Å²) in [5.41, 5.74) is 1.96. The number of nitrogens with one attached hydrogen (secondary N) is 3. The Labute approximate surface area is 258 Å². The zero-order chi connectivity index (χ0) is 30.8. The largest absolute Gasteiger partial charge is 0.354 e. The van der Waals surface area contributed by atoms with Gasteiger partial charge in [0.2, 0.25) is 17.8 Å². The molecule has 0 atom stereocenters. The van der Waals surface area contributed by atoms with Crippen molar-refractivity contribution in [1.29, 1.82) is 0 Å². The van der Waals surface area contributed by atoms with E-state index in [1.54, 1.807) is 19.1 Å². The third kappa shape index (κ3) is 12.9. The fraction of sp³-hybridized carbons (Fsp3) is 0.545. The molecule has 0 unspecified atom stereocenters. The second kappa shape index (κ2) is 19.1.